The van der Waals surface area contributed by atoms with Crippen molar-refractivity contribution in [2.75, 3.05) is 0 Å². The molecule has 0 radical (unpaired) electrons. The van der Waals surface area contributed by atoms with E-state index < -0.39 is 0 Å². The Balaban J connectivity index is 1.67. The van der Waals surface area contributed by atoms with E-state index in [-0.39, 0.29) is 10.9 Å². The summed E-state index contributed by atoms with van der Waals surface area (Å²) < 4.78 is 4.40. The van der Waals surface area contributed by atoms with E-state index in [4.69, 9.17) is 0 Å². The first-order valence-electron chi connectivity index (χ1n) is 12.0. The lowest BCUT2D eigenvalue weighted by atomic mass is 10.0. The highest BCUT2D eigenvalue weighted by Crippen LogP contribution is 2.37. The summed E-state index contributed by atoms with van der Waals surface area (Å²) in [4.78, 5) is 27.7. The molecule has 166 valence electrons. The first kappa shape index (κ1) is 18.4. The van der Waals surface area contributed by atoms with Crippen LogP contribution in [-0.2, 0) is 0 Å². The fraction of sp³-hybridized carbons (Fsp3) is 0. The fourth-order valence-electron chi connectivity index (χ4n) is 6.51. The molecular weight excluding hydrogens is 444 g/mol. The number of rotatable bonds is 0. The third-order valence-corrected chi connectivity index (χ3v) is 7.96. The van der Waals surface area contributed by atoms with Crippen molar-refractivity contribution >= 4 is 76.2 Å². The summed E-state index contributed by atoms with van der Waals surface area (Å²) in [5.74, 6) is 0. The van der Waals surface area contributed by atoms with Gasteiger partial charge in [-0.1, -0.05) is 60.7 Å². The van der Waals surface area contributed by atoms with Crippen LogP contribution in [0, 0.1) is 0 Å². The monoisotopic (exact) mass is 460 g/mol. The molecule has 4 aromatic heterocycles. The molecule has 9 rings (SSSR count). The van der Waals surface area contributed by atoms with Gasteiger partial charge in [-0.2, -0.15) is 0 Å². The molecule has 9 aromatic rings. The van der Waals surface area contributed by atoms with Gasteiger partial charge in [-0.25, -0.2) is 0 Å². The summed E-state index contributed by atoms with van der Waals surface area (Å²) in [6.45, 7) is 0. The Morgan fingerprint density at radius 1 is 0.361 bits per heavy atom. The van der Waals surface area contributed by atoms with Gasteiger partial charge in [0, 0.05) is 43.1 Å². The average molecular weight is 460 g/mol. The first-order chi connectivity index (χ1) is 17.7. The van der Waals surface area contributed by atoms with Crippen molar-refractivity contribution < 1.29 is 0 Å². The minimum Gasteiger partial charge on any atom is -0.308 e. The van der Waals surface area contributed by atoms with E-state index in [0.29, 0.717) is 21.5 Å². The van der Waals surface area contributed by atoms with Gasteiger partial charge in [0.2, 0.25) is 0 Å². The van der Waals surface area contributed by atoms with Crippen LogP contribution < -0.4 is 10.9 Å². The lowest BCUT2D eigenvalue weighted by molar-refractivity contribution is 1.31. The summed E-state index contributed by atoms with van der Waals surface area (Å²) >= 11 is 0. The van der Waals surface area contributed by atoms with E-state index in [2.05, 4.69) is 45.2 Å². The number of fused-ring (bicyclic) bond motifs is 10. The molecule has 0 spiro atoms. The van der Waals surface area contributed by atoms with Gasteiger partial charge >= 0.3 is 0 Å². The highest BCUT2D eigenvalue weighted by molar-refractivity contribution is 6.20. The Kier molecular flexibility index (Phi) is 3.06. The largest absolute Gasteiger partial charge is 0.308 e. The second kappa shape index (κ2) is 5.99. The van der Waals surface area contributed by atoms with E-state index >= 15 is 0 Å². The molecule has 0 aliphatic heterocycles. The topological polar surface area (TPSA) is 43.0 Å². The molecule has 4 heterocycles. The quantitative estimate of drug-likeness (QED) is 0.236. The Bertz CT molecular complexity index is 2340. The van der Waals surface area contributed by atoms with Crippen LogP contribution in [0.1, 0.15) is 0 Å². The third kappa shape index (κ3) is 1.92. The molecule has 5 aromatic carbocycles. The Labute approximate surface area is 202 Å². The molecule has 0 aliphatic rings. The van der Waals surface area contributed by atoms with E-state index in [0.717, 1.165) is 54.6 Å². The Morgan fingerprint density at radius 2 is 0.778 bits per heavy atom. The molecule has 0 unspecified atom stereocenters. The van der Waals surface area contributed by atoms with Crippen molar-refractivity contribution in [3.63, 3.8) is 0 Å². The number of pyridine rings is 2. The van der Waals surface area contributed by atoms with Gasteiger partial charge in [0.25, 0.3) is 0 Å². The van der Waals surface area contributed by atoms with Crippen LogP contribution in [0.2, 0.25) is 0 Å². The van der Waals surface area contributed by atoms with Crippen LogP contribution in [0.25, 0.3) is 76.2 Å². The zero-order valence-electron chi connectivity index (χ0n) is 18.9. The van der Waals surface area contributed by atoms with Crippen molar-refractivity contribution in [3.05, 3.63) is 118 Å². The molecule has 4 nitrogen and oxygen atoms in total. The highest BCUT2D eigenvalue weighted by Gasteiger charge is 2.21. The van der Waals surface area contributed by atoms with Gasteiger partial charge in [-0.05, 0) is 36.4 Å². The van der Waals surface area contributed by atoms with Crippen LogP contribution in [0.4, 0.5) is 0 Å². The van der Waals surface area contributed by atoms with Crippen LogP contribution in [0.15, 0.2) is 107 Å². The maximum Gasteiger partial charge on any atom is 0.197 e. The zero-order valence-corrected chi connectivity index (χ0v) is 18.9. The molecule has 0 atom stereocenters. The molecule has 0 saturated heterocycles. The van der Waals surface area contributed by atoms with Gasteiger partial charge in [-0.15, -0.1) is 0 Å². The summed E-state index contributed by atoms with van der Waals surface area (Å²) in [6.07, 6.45) is 0. The number of nitrogens with zero attached hydrogens (tertiary/aromatic N) is 2. The predicted molar refractivity (Wildman–Crippen MR) is 148 cm³/mol. The SMILES string of the molecule is O=c1c2cc3c(=O)c4cccc5c6ccccc6n(c3cc2n2c3ccccc3c3cccc1c32)c45. The second-order valence-corrected chi connectivity index (χ2v) is 9.65. The smallest absolute Gasteiger partial charge is 0.197 e. The summed E-state index contributed by atoms with van der Waals surface area (Å²) in [7, 11) is 0. The standard InChI is InChI=1S/C32H16N2O2/c35-31-21-11-5-9-19-17-7-1-3-13-25(17)33(29(19)21)27-16-28-24(15-23(27)31)32(36)22-12-6-10-20-18-8-2-4-14-26(18)34(28)30(20)22/h1-16H. The van der Waals surface area contributed by atoms with Crippen molar-refractivity contribution in [1.29, 1.82) is 0 Å². The summed E-state index contributed by atoms with van der Waals surface area (Å²) in [5.41, 5.74) is 5.54. The maximum absolute atomic E-state index is 13.8. The average Bonchev–Trinajstić information content (AvgIpc) is 3.44. The number of hydrogen-bond acceptors (Lipinski definition) is 2. The van der Waals surface area contributed by atoms with Crippen LogP contribution in [0.3, 0.4) is 0 Å². The van der Waals surface area contributed by atoms with Crippen molar-refractivity contribution in [3.8, 4) is 0 Å². The highest BCUT2D eigenvalue weighted by atomic mass is 16.1. The number of para-hydroxylation sites is 4. The fourth-order valence-corrected chi connectivity index (χ4v) is 6.51. The predicted octanol–water partition coefficient (Wildman–Crippen LogP) is 6.71. The molecule has 0 saturated carbocycles. The lowest BCUT2D eigenvalue weighted by Gasteiger charge is -2.11. The Morgan fingerprint density at radius 3 is 1.28 bits per heavy atom. The first-order valence-corrected chi connectivity index (χ1v) is 12.0. The van der Waals surface area contributed by atoms with Crippen molar-refractivity contribution in [2.45, 2.75) is 0 Å². The van der Waals surface area contributed by atoms with Crippen LogP contribution in [-0.4, -0.2) is 8.80 Å². The third-order valence-electron chi connectivity index (χ3n) is 7.96. The van der Waals surface area contributed by atoms with E-state index in [1.807, 2.05) is 60.7 Å². The summed E-state index contributed by atoms with van der Waals surface area (Å²) in [5, 5.41) is 6.84. The molecule has 0 amide bonds. The maximum atomic E-state index is 13.8. The van der Waals surface area contributed by atoms with E-state index in [1.54, 1.807) is 0 Å². The van der Waals surface area contributed by atoms with Gasteiger partial charge in [0.15, 0.2) is 10.9 Å². The molecular formula is C32H16N2O2. The molecule has 0 bridgehead atoms. The second-order valence-electron chi connectivity index (χ2n) is 9.65. The minimum absolute atomic E-state index is 0.0390. The van der Waals surface area contributed by atoms with Gasteiger partial charge in [0.1, 0.15) is 0 Å². The number of benzene rings is 5. The van der Waals surface area contributed by atoms with Crippen LogP contribution in [0.5, 0.6) is 0 Å². The van der Waals surface area contributed by atoms with E-state index in [1.165, 1.54) is 0 Å². The molecule has 0 aliphatic carbocycles. The zero-order chi connectivity index (χ0) is 23.7. The van der Waals surface area contributed by atoms with Gasteiger partial charge in [-0.3, -0.25) is 9.59 Å². The van der Waals surface area contributed by atoms with Crippen molar-refractivity contribution in [1.82, 2.24) is 8.80 Å². The molecule has 36 heavy (non-hydrogen) atoms. The minimum atomic E-state index is -0.0390. The molecule has 4 heteroatoms. The van der Waals surface area contributed by atoms with Crippen LogP contribution >= 0.6 is 0 Å². The lowest BCUT2D eigenvalue weighted by Crippen LogP contribution is -2.10. The normalized spacial score (nSPS) is 12.7. The van der Waals surface area contributed by atoms with Crippen molar-refractivity contribution in [2.24, 2.45) is 0 Å². The van der Waals surface area contributed by atoms with Gasteiger partial charge in [0.05, 0.1) is 33.1 Å². The number of aromatic nitrogens is 2. The van der Waals surface area contributed by atoms with E-state index in [9.17, 15) is 9.59 Å². The molecule has 0 N–H and O–H groups in total. The number of hydrogen-bond donors (Lipinski definition) is 0. The molecule has 0 fully saturated rings. The Hall–Kier alpha value is -4.96. The summed E-state index contributed by atoms with van der Waals surface area (Å²) in [6, 6.07) is 32.2. The van der Waals surface area contributed by atoms with Gasteiger partial charge < -0.3 is 8.80 Å².